The fraction of sp³-hybridized carbons (Fsp3) is 0.679. The number of ether oxygens (including phenoxy) is 7. The molecule has 18 unspecified atom stereocenters. The number of urea groups is 1. The molecule has 0 radical (unpaired) electrons. The third-order valence-corrected chi connectivity index (χ3v) is 22.6. The molecule has 6 aliphatic rings. The normalized spacial score (nSPS) is 30.2. The van der Waals surface area contributed by atoms with E-state index in [1.807, 2.05) is 19.1 Å². The van der Waals surface area contributed by atoms with Gasteiger partial charge in [0.1, 0.15) is 43.7 Å². The van der Waals surface area contributed by atoms with Crippen LogP contribution in [-0.4, -0.2) is 216 Å². The Kier molecular flexibility index (Phi) is 36.0. The Labute approximate surface area is 656 Å². The monoisotopic (exact) mass is 1570 g/mol. The number of primary amides is 1. The number of anilines is 1. The van der Waals surface area contributed by atoms with E-state index in [-0.39, 0.29) is 126 Å². The number of Topliss-reactive ketones (excluding diaryl/α,β-unsaturated/α-hetero) is 3. The summed E-state index contributed by atoms with van der Waals surface area (Å²) in [6, 6.07) is 2.11. The number of carbonyl (C=O) groups excluding carboxylic acids is 12. The van der Waals surface area contributed by atoms with Crippen LogP contribution in [0.5, 0.6) is 0 Å². The maximum Gasteiger partial charge on any atom is 0.409 e. The van der Waals surface area contributed by atoms with Crippen molar-refractivity contribution in [3.8, 4) is 0 Å². The average molecular weight is 1570 g/mol. The fourth-order valence-electron chi connectivity index (χ4n) is 15.7. The molecule has 18 atom stereocenters. The smallest absolute Gasteiger partial charge is 0.409 e. The lowest BCUT2D eigenvalue weighted by molar-refractivity contribution is -0.265. The third-order valence-electron chi connectivity index (χ3n) is 22.6. The number of hydrogen-bond acceptors (Lipinski definition) is 23. The van der Waals surface area contributed by atoms with E-state index < -0.39 is 149 Å². The van der Waals surface area contributed by atoms with Gasteiger partial charge in [-0.1, -0.05) is 97.2 Å². The molecule has 7 rings (SSSR count). The summed E-state index contributed by atoms with van der Waals surface area (Å²) in [5.74, 6) is -12.5. The van der Waals surface area contributed by atoms with Gasteiger partial charge in [-0.2, -0.15) is 0 Å². The molecule has 1 aromatic rings. The van der Waals surface area contributed by atoms with E-state index in [2.05, 4.69) is 26.6 Å². The highest BCUT2D eigenvalue weighted by Gasteiger charge is 2.54. The van der Waals surface area contributed by atoms with E-state index in [9.17, 15) is 68.1 Å². The van der Waals surface area contributed by atoms with E-state index >= 15 is 4.79 Å². The number of piperidine rings is 1. The summed E-state index contributed by atoms with van der Waals surface area (Å²) < 4.78 is 41.8. The molecule has 3 saturated heterocycles. The van der Waals surface area contributed by atoms with Crippen LogP contribution in [-0.2, 0) is 87.7 Å². The van der Waals surface area contributed by atoms with Gasteiger partial charge >= 0.3 is 18.1 Å². The lowest BCUT2D eigenvalue weighted by atomic mass is 9.76. The number of amides is 9. The molecule has 112 heavy (non-hydrogen) atoms. The van der Waals surface area contributed by atoms with Crippen molar-refractivity contribution in [2.75, 3.05) is 59.1 Å². The van der Waals surface area contributed by atoms with E-state index in [0.29, 0.717) is 81.0 Å². The SMILES string of the molecule is COC1CC(CC2CCCCC3CCN4C(=O)C(=O)C5(O)OC(CCC5C)CC(O)C(C)=CC=CCCC(C)CC(C)C(=O)C(OC)C(O)C(C)/C=C(\N)C(=O)CC2OC(=O)C4C3)CCC1OCCOCNC(=O)OCc1ccc(NC(=O)C(CCCNC(N)=O)NC(=O)C(NC(=O)CCN2C(=O)C=CC2=O)C(C)C)cc1. The highest BCUT2D eigenvalue weighted by Crippen LogP contribution is 2.41. The minimum Gasteiger partial charge on any atom is -0.460 e. The number of alkyl carbamates (subject to hydrolysis) is 1. The predicted molar refractivity (Wildman–Crippen MR) is 410 cm³/mol. The minimum atomic E-state index is -2.56. The molecule has 5 aliphatic heterocycles. The van der Waals surface area contributed by atoms with E-state index in [4.69, 9.17) is 44.6 Å². The standard InChI is InChI=1S/C81H121N9O22/c1-47(2)70(88-67(93)32-35-90-68(94)29-30-69(90)95)76(100)87-60(20-15-33-84-79(83)103)75(99)86-57-25-22-54(23-26-57)45-110-80(104)85-46-108-36-37-109-64-28-24-55(42-66(64)106-8)40-56-19-14-13-18-53-31-34-89-61(41-53)78(102)111-65(56)44-63(92)59(82)39-51(6)72(97)73(107-9)71(96)50(5)38-48(3)16-11-10-12-17-49(4)62(91)43-58-27-21-52(7)81(105,112-58)74(98)77(89)101/h10,12,17,22-23,25-26,29-30,39,47-48,50-53,55-56,58,60-62,64-66,70,72-73,91,97,105H,11,13-16,18-21,24,27-28,31-38,40-46,82H2,1-9H3,(H,85,104)(H,86,99)(H,87,100)(H,88,93)(H3,83,84,103)/b12-10?,49-17?,59-39-. The second-order valence-corrected chi connectivity index (χ2v) is 31.5. The first-order valence-corrected chi connectivity index (χ1v) is 39.7. The maximum absolute atomic E-state index is 15.1. The lowest BCUT2D eigenvalue weighted by Gasteiger charge is -2.43. The zero-order chi connectivity index (χ0) is 81.9. The van der Waals surface area contributed by atoms with Gasteiger partial charge < -0.3 is 86.1 Å². The van der Waals surface area contributed by atoms with Crippen LogP contribution in [0, 0.1) is 47.3 Å². The van der Waals surface area contributed by atoms with Crippen molar-refractivity contribution in [2.24, 2.45) is 58.8 Å². The molecule has 0 aromatic heterocycles. The van der Waals surface area contributed by atoms with E-state index in [0.717, 1.165) is 42.7 Å². The second kappa shape index (κ2) is 44.4. The van der Waals surface area contributed by atoms with E-state index in [1.165, 1.54) is 18.1 Å². The van der Waals surface area contributed by atoms with Crippen LogP contribution >= 0.6 is 0 Å². The highest BCUT2D eigenvalue weighted by atomic mass is 16.6. The van der Waals surface area contributed by atoms with Crippen molar-refractivity contribution >= 4 is 76.6 Å². The van der Waals surface area contributed by atoms with Crippen LogP contribution in [0.25, 0.3) is 0 Å². The maximum atomic E-state index is 15.1. The predicted octanol–water partition coefficient (Wildman–Crippen LogP) is 5.68. The molecule has 1 aromatic carbocycles. The first-order valence-electron chi connectivity index (χ1n) is 39.7. The van der Waals surface area contributed by atoms with Gasteiger partial charge in [-0.05, 0) is 150 Å². The molecule has 0 spiro atoms. The number of rotatable bonds is 25. The lowest BCUT2D eigenvalue weighted by Crippen LogP contribution is -2.61. The summed E-state index contributed by atoms with van der Waals surface area (Å²) in [6.07, 6.45) is 10.3. The molecule has 9 amide bonds. The van der Waals surface area contributed by atoms with Gasteiger partial charge in [-0.3, -0.25) is 53.4 Å². The van der Waals surface area contributed by atoms with Crippen molar-refractivity contribution in [2.45, 2.75) is 250 Å². The summed E-state index contributed by atoms with van der Waals surface area (Å²) in [4.78, 5) is 163. The number of aliphatic hydroxyl groups excluding tert-OH is 2. The Hall–Kier alpha value is -8.30. The first kappa shape index (κ1) is 90.9. The minimum absolute atomic E-state index is 0.00964. The zero-order valence-electron chi connectivity index (χ0n) is 66.4. The molecule has 4 fully saturated rings. The van der Waals surface area contributed by atoms with E-state index in [1.54, 1.807) is 79.0 Å². The number of benzene rings is 1. The number of fused-ring (bicyclic) bond motifs is 5. The van der Waals surface area contributed by atoms with Crippen molar-refractivity contribution < 1.29 is 106 Å². The number of hydrogen-bond donors (Lipinski definition) is 10. The number of methoxy groups -OCH3 is 2. The van der Waals surface area contributed by atoms with Gasteiger partial charge in [-0.15, -0.1) is 0 Å². The van der Waals surface area contributed by atoms with Crippen LogP contribution < -0.4 is 38.1 Å². The molecule has 1 saturated carbocycles. The molecule has 12 N–H and O–H groups in total. The number of ketones is 3. The number of esters is 1. The number of aliphatic hydroxyl groups is 3. The Balaban J connectivity index is 0.946. The van der Waals surface area contributed by atoms with Crippen molar-refractivity contribution in [1.29, 1.82) is 0 Å². The van der Waals surface area contributed by atoms with Crippen LogP contribution in [0.4, 0.5) is 15.3 Å². The molecule has 31 heteroatoms. The molecular formula is C81H121N9O22. The fourth-order valence-corrected chi connectivity index (χ4v) is 15.7. The van der Waals surface area contributed by atoms with Crippen LogP contribution in [0.3, 0.4) is 0 Å². The summed E-state index contributed by atoms with van der Waals surface area (Å²) in [7, 11) is 2.94. The molecule has 1 aliphatic carbocycles. The van der Waals surface area contributed by atoms with Gasteiger partial charge in [0.2, 0.25) is 23.5 Å². The van der Waals surface area contributed by atoms with Crippen molar-refractivity contribution in [3.63, 3.8) is 0 Å². The van der Waals surface area contributed by atoms with Crippen molar-refractivity contribution in [1.82, 2.24) is 31.1 Å². The number of imide groups is 1. The first-order chi connectivity index (χ1) is 53.3. The summed E-state index contributed by atoms with van der Waals surface area (Å²) in [5, 5.41) is 48.3. The number of allylic oxidation sites excluding steroid dienone is 4. The van der Waals surface area contributed by atoms with Crippen LogP contribution in [0.15, 0.2) is 72.0 Å². The van der Waals surface area contributed by atoms with Crippen LogP contribution in [0.2, 0.25) is 0 Å². The molecule has 5 heterocycles. The average Bonchev–Trinajstić information content (AvgIpc) is 0.787. The van der Waals surface area contributed by atoms with Gasteiger partial charge in [0.15, 0.2) is 11.6 Å². The van der Waals surface area contributed by atoms with Gasteiger partial charge in [0.25, 0.3) is 23.5 Å². The van der Waals surface area contributed by atoms with Gasteiger partial charge in [0.05, 0.1) is 49.4 Å². The summed E-state index contributed by atoms with van der Waals surface area (Å²) in [6.45, 7) is 12.1. The van der Waals surface area contributed by atoms with Gasteiger partial charge in [-0.25, -0.2) is 14.4 Å². The second-order valence-electron chi connectivity index (χ2n) is 31.5. The topological polar surface area (TPSA) is 449 Å². The Morgan fingerprint density at radius 2 is 1.53 bits per heavy atom. The quantitative estimate of drug-likeness (QED) is 0.0185. The number of carbonyl (C=O) groups is 12. The van der Waals surface area contributed by atoms with Gasteiger partial charge in [0, 0.05) is 88.7 Å². The Bertz CT molecular complexity index is 3510. The molecular weight excluding hydrogens is 1450 g/mol. The summed E-state index contributed by atoms with van der Waals surface area (Å²) >= 11 is 0. The Morgan fingerprint density at radius 3 is 2.22 bits per heavy atom. The molecule has 31 nitrogen and oxygen atoms in total. The number of nitrogens with one attached hydrogen (secondary N) is 5. The van der Waals surface area contributed by atoms with Crippen LogP contribution in [0.1, 0.15) is 182 Å². The summed E-state index contributed by atoms with van der Waals surface area (Å²) in [5.41, 5.74) is 13.2. The third kappa shape index (κ3) is 26.9. The largest absolute Gasteiger partial charge is 0.460 e. The van der Waals surface area contributed by atoms with Crippen molar-refractivity contribution in [3.05, 3.63) is 77.6 Å². The highest BCUT2D eigenvalue weighted by molar-refractivity contribution is 6.39. The number of nitrogens with zero attached hydrogens (tertiary/aromatic N) is 2. The molecule has 5 bridgehead atoms. The zero-order valence-corrected chi connectivity index (χ0v) is 66.4. The molecule has 622 valence electrons. The number of nitrogens with two attached hydrogens (primary N) is 2. The Morgan fingerprint density at radius 1 is 0.804 bits per heavy atom.